The van der Waals surface area contributed by atoms with Crippen LogP contribution in [0.2, 0.25) is 0 Å². The molecule has 0 aromatic heterocycles. The van der Waals surface area contributed by atoms with Gasteiger partial charge in [-0.05, 0) is 42.5 Å². The van der Waals surface area contributed by atoms with Crippen LogP contribution in [-0.4, -0.2) is 0 Å². The molecule has 2 aromatic rings. The Labute approximate surface area is 106 Å². The third-order valence-corrected chi connectivity index (χ3v) is 2.38. The summed E-state index contributed by atoms with van der Waals surface area (Å²) in [5.74, 6) is -0.243. The van der Waals surface area contributed by atoms with Crippen LogP contribution in [0.4, 0.5) is 23.2 Å². The highest BCUT2D eigenvalue weighted by atomic mass is 19.4. The second kappa shape index (κ2) is 4.79. The zero-order valence-corrected chi connectivity index (χ0v) is 9.54. The average molecular weight is 271 g/mol. The molecule has 0 aliphatic carbocycles. The number of alkyl halides is 3. The normalized spacial score (nSPS) is 11.4. The van der Waals surface area contributed by atoms with Crippen LogP contribution in [-0.2, 0) is 6.18 Å². The lowest BCUT2D eigenvalue weighted by molar-refractivity contribution is -0.137. The number of ether oxygens (including phenoxy) is 1. The van der Waals surface area contributed by atoms with E-state index in [-0.39, 0.29) is 17.2 Å². The molecule has 2 N–H and O–H groups in total. The SMILES string of the molecule is Nc1ccc(Oc2ccc(F)cc2)cc1C(F)(F)F. The molecule has 0 aliphatic rings. The van der Waals surface area contributed by atoms with Crippen molar-refractivity contribution in [1.82, 2.24) is 0 Å². The Bertz CT molecular complexity index is 578. The van der Waals surface area contributed by atoms with Crippen molar-refractivity contribution < 1.29 is 22.3 Å². The molecule has 0 bridgehead atoms. The van der Waals surface area contributed by atoms with E-state index in [0.29, 0.717) is 0 Å². The van der Waals surface area contributed by atoms with E-state index in [2.05, 4.69) is 0 Å². The van der Waals surface area contributed by atoms with Crippen LogP contribution in [0.5, 0.6) is 11.5 Å². The molecule has 0 atom stereocenters. The number of hydrogen-bond donors (Lipinski definition) is 1. The summed E-state index contributed by atoms with van der Waals surface area (Å²) in [5, 5.41) is 0. The molecule has 2 nitrogen and oxygen atoms in total. The van der Waals surface area contributed by atoms with Crippen molar-refractivity contribution in [3.8, 4) is 11.5 Å². The van der Waals surface area contributed by atoms with Gasteiger partial charge in [0, 0.05) is 5.69 Å². The molecule has 0 aliphatic heterocycles. The molecule has 0 fully saturated rings. The Balaban J connectivity index is 2.29. The van der Waals surface area contributed by atoms with E-state index in [1.165, 1.54) is 18.2 Å². The number of anilines is 1. The van der Waals surface area contributed by atoms with Gasteiger partial charge in [-0.25, -0.2) is 4.39 Å². The summed E-state index contributed by atoms with van der Waals surface area (Å²) in [5.41, 5.74) is 3.92. The van der Waals surface area contributed by atoms with Crippen LogP contribution in [0.15, 0.2) is 42.5 Å². The number of halogens is 4. The first-order chi connectivity index (χ1) is 8.86. The Hall–Kier alpha value is -2.24. The standard InChI is InChI=1S/C13H9F4NO/c14-8-1-3-9(4-2-8)19-10-5-6-12(18)11(7-10)13(15,16)17/h1-7H,18H2. The zero-order valence-electron chi connectivity index (χ0n) is 9.54. The number of nitrogens with two attached hydrogens (primary N) is 1. The van der Waals surface area contributed by atoms with E-state index < -0.39 is 17.6 Å². The minimum absolute atomic E-state index is 0.0202. The first kappa shape index (κ1) is 13.2. The first-order valence-electron chi connectivity index (χ1n) is 5.26. The van der Waals surface area contributed by atoms with Crippen molar-refractivity contribution in [2.75, 3.05) is 5.73 Å². The predicted octanol–water partition coefficient (Wildman–Crippen LogP) is 4.22. The maximum Gasteiger partial charge on any atom is 0.418 e. The Morgan fingerprint density at radius 2 is 1.47 bits per heavy atom. The topological polar surface area (TPSA) is 35.2 Å². The molecule has 2 rings (SSSR count). The highest BCUT2D eigenvalue weighted by Crippen LogP contribution is 2.36. The summed E-state index contributed by atoms with van der Waals surface area (Å²) in [6, 6.07) is 8.17. The fraction of sp³-hybridized carbons (Fsp3) is 0.0769. The molecule has 0 unspecified atom stereocenters. The van der Waals surface area contributed by atoms with E-state index in [1.54, 1.807) is 0 Å². The van der Waals surface area contributed by atoms with Gasteiger partial charge in [-0.2, -0.15) is 13.2 Å². The van der Waals surface area contributed by atoms with Gasteiger partial charge < -0.3 is 10.5 Å². The van der Waals surface area contributed by atoms with Gasteiger partial charge in [0.15, 0.2) is 0 Å². The monoisotopic (exact) mass is 271 g/mol. The Morgan fingerprint density at radius 1 is 0.895 bits per heavy atom. The molecule has 0 spiro atoms. The van der Waals surface area contributed by atoms with Crippen molar-refractivity contribution in [1.29, 1.82) is 0 Å². The number of nitrogen functional groups attached to an aromatic ring is 1. The van der Waals surface area contributed by atoms with E-state index in [0.717, 1.165) is 24.3 Å². The number of hydrogen-bond acceptors (Lipinski definition) is 2. The first-order valence-corrected chi connectivity index (χ1v) is 5.26. The largest absolute Gasteiger partial charge is 0.457 e. The maximum atomic E-state index is 12.7. The highest BCUT2D eigenvalue weighted by Gasteiger charge is 2.33. The van der Waals surface area contributed by atoms with Gasteiger partial charge in [0.1, 0.15) is 17.3 Å². The van der Waals surface area contributed by atoms with Gasteiger partial charge in [-0.1, -0.05) is 0 Å². The van der Waals surface area contributed by atoms with Gasteiger partial charge in [0.2, 0.25) is 0 Å². The van der Waals surface area contributed by atoms with Crippen molar-refractivity contribution >= 4 is 5.69 Å². The zero-order chi connectivity index (χ0) is 14.0. The Morgan fingerprint density at radius 3 is 2.05 bits per heavy atom. The molecule has 19 heavy (non-hydrogen) atoms. The fourth-order valence-electron chi connectivity index (χ4n) is 1.48. The number of rotatable bonds is 2. The molecule has 2 aromatic carbocycles. The molecule has 0 saturated carbocycles. The smallest absolute Gasteiger partial charge is 0.418 e. The summed E-state index contributed by atoms with van der Waals surface area (Å²) < 4.78 is 55.8. The fourth-order valence-corrected chi connectivity index (χ4v) is 1.48. The summed E-state index contributed by atoms with van der Waals surface area (Å²) in [6.07, 6.45) is -4.55. The molecular formula is C13H9F4NO. The summed E-state index contributed by atoms with van der Waals surface area (Å²) >= 11 is 0. The summed E-state index contributed by atoms with van der Waals surface area (Å²) in [4.78, 5) is 0. The minimum atomic E-state index is -4.55. The number of benzene rings is 2. The van der Waals surface area contributed by atoms with E-state index in [1.807, 2.05) is 0 Å². The van der Waals surface area contributed by atoms with Crippen LogP contribution in [0.1, 0.15) is 5.56 Å². The van der Waals surface area contributed by atoms with Crippen molar-refractivity contribution in [2.24, 2.45) is 0 Å². The van der Waals surface area contributed by atoms with Crippen LogP contribution in [0.25, 0.3) is 0 Å². The highest BCUT2D eigenvalue weighted by molar-refractivity contribution is 5.52. The van der Waals surface area contributed by atoms with Crippen LogP contribution < -0.4 is 10.5 Å². The van der Waals surface area contributed by atoms with E-state index in [9.17, 15) is 17.6 Å². The summed E-state index contributed by atoms with van der Waals surface area (Å²) in [7, 11) is 0. The average Bonchev–Trinajstić information content (AvgIpc) is 2.33. The van der Waals surface area contributed by atoms with Crippen molar-refractivity contribution in [3.63, 3.8) is 0 Å². The summed E-state index contributed by atoms with van der Waals surface area (Å²) in [6.45, 7) is 0. The quantitative estimate of drug-likeness (QED) is 0.655. The molecule has 0 heterocycles. The van der Waals surface area contributed by atoms with Crippen molar-refractivity contribution in [2.45, 2.75) is 6.18 Å². The molecular weight excluding hydrogens is 262 g/mol. The van der Waals surface area contributed by atoms with Gasteiger partial charge in [-0.3, -0.25) is 0 Å². The molecule has 0 saturated heterocycles. The van der Waals surface area contributed by atoms with Gasteiger partial charge >= 0.3 is 6.18 Å². The second-order valence-corrected chi connectivity index (χ2v) is 3.80. The van der Waals surface area contributed by atoms with E-state index in [4.69, 9.17) is 10.5 Å². The van der Waals surface area contributed by atoms with Crippen LogP contribution in [0.3, 0.4) is 0 Å². The maximum absolute atomic E-state index is 12.7. The Kier molecular flexibility index (Phi) is 3.33. The second-order valence-electron chi connectivity index (χ2n) is 3.80. The van der Waals surface area contributed by atoms with Crippen LogP contribution in [0, 0.1) is 5.82 Å². The lowest BCUT2D eigenvalue weighted by atomic mass is 10.1. The predicted molar refractivity (Wildman–Crippen MR) is 62.3 cm³/mol. The minimum Gasteiger partial charge on any atom is -0.457 e. The molecule has 6 heteroatoms. The lowest BCUT2D eigenvalue weighted by Gasteiger charge is -2.12. The van der Waals surface area contributed by atoms with E-state index >= 15 is 0 Å². The third kappa shape index (κ3) is 3.15. The van der Waals surface area contributed by atoms with Gasteiger partial charge in [0.25, 0.3) is 0 Å². The molecule has 0 radical (unpaired) electrons. The van der Waals surface area contributed by atoms with Crippen LogP contribution >= 0.6 is 0 Å². The van der Waals surface area contributed by atoms with Crippen molar-refractivity contribution in [3.05, 3.63) is 53.8 Å². The van der Waals surface area contributed by atoms with Gasteiger partial charge in [0.05, 0.1) is 5.56 Å². The third-order valence-electron chi connectivity index (χ3n) is 2.38. The molecule has 0 amide bonds. The molecule has 100 valence electrons. The van der Waals surface area contributed by atoms with Gasteiger partial charge in [-0.15, -0.1) is 0 Å². The lowest BCUT2D eigenvalue weighted by Crippen LogP contribution is -2.08.